The Morgan fingerprint density at radius 1 is 1.53 bits per heavy atom. The van der Waals surface area contributed by atoms with Crippen molar-refractivity contribution >= 4 is 5.97 Å². The molecule has 3 heterocycles. The van der Waals surface area contributed by atoms with E-state index in [4.69, 9.17) is 5.11 Å². The smallest absolute Gasteiger partial charge is 0.358 e. The quantitative estimate of drug-likeness (QED) is 0.767. The van der Waals surface area contributed by atoms with Crippen molar-refractivity contribution in [2.45, 2.75) is 12.6 Å². The molecule has 0 saturated carbocycles. The first kappa shape index (κ1) is 11.8. The van der Waals surface area contributed by atoms with E-state index in [0.29, 0.717) is 0 Å². The number of aromatic carboxylic acids is 1. The Balaban J connectivity index is 1.57. The van der Waals surface area contributed by atoms with Crippen molar-refractivity contribution in [3.8, 4) is 0 Å². The first-order valence-corrected chi connectivity index (χ1v) is 5.84. The lowest BCUT2D eigenvalue weighted by Crippen LogP contribution is -2.47. The van der Waals surface area contributed by atoms with Crippen molar-refractivity contribution in [1.82, 2.24) is 34.7 Å². The van der Waals surface area contributed by atoms with Crippen LogP contribution in [0.4, 0.5) is 0 Å². The molecule has 0 amide bonds. The third-order valence-electron chi connectivity index (χ3n) is 3.21. The fourth-order valence-corrected chi connectivity index (χ4v) is 2.06. The molecule has 3 rings (SSSR count). The maximum atomic E-state index is 10.7. The van der Waals surface area contributed by atoms with E-state index in [1.54, 1.807) is 9.36 Å². The van der Waals surface area contributed by atoms with E-state index in [1.807, 2.05) is 7.05 Å². The SMILES string of the molecule is Cn1ncnc1CN1CC(n2cc(C(=O)O)nn2)C1. The molecule has 9 nitrogen and oxygen atoms in total. The van der Waals surface area contributed by atoms with Gasteiger partial charge < -0.3 is 5.11 Å². The maximum absolute atomic E-state index is 10.7. The zero-order valence-corrected chi connectivity index (χ0v) is 10.3. The fraction of sp³-hybridized carbons (Fsp3) is 0.500. The van der Waals surface area contributed by atoms with Gasteiger partial charge >= 0.3 is 5.97 Å². The number of rotatable bonds is 4. The van der Waals surface area contributed by atoms with Crippen molar-refractivity contribution in [3.63, 3.8) is 0 Å². The normalized spacial score (nSPS) is 16.5. The molecule has 100 valence electrons. The predicted molar refractivity (Wildman–Crippen MR) is 62.3 cm³/mol. The van der Waals surface area contributed by atoms with E-state index in [2.05, 4.69) is 25.3 Å². The van der Waals surface area contributed by atoms with Gasteiger partial charge in [0, 0.05) is 20.1 Å². The van der Waals surface area contributed by atoms with Crippen LogP contribution >= 0.6 is 0 Å². The molecule has 0 radical (unpaired) electrons. The highest BCUT2D eigenvalue weighted by molar-refractivity contribution is 5.84. The number of hydrogen-bond acceptors (Lipinski definition) is 6. The summed E-state index contributed by atoms with van der Waals surface area (Å²) in [5.41, 5.74) is -0.0215. The van der Waals surface area contributed by atoms with Crippen molar-refractivity contribution < 1.29 is 9.90 Å². The van der Waals surface area contributed by atoms with Crippen LogP contribution in [0.2, 0.25) is 0 Å². The van der Waals surface area contributed by atoms with Crippen LogP contribution in [0.25, 0.3) is 0 Å². The molecule has 1 aliphatic heterocycles. The molecular weight excluding hydrogens is 250 g/mol. The number of carbonyl (C=O) groups is 1. The van der Waals surface area contributed by atoms with E-state index < -0.39 is 5.97 Å². The molecule has 0 aromatic carbocycles. The molecule has 0 bridgehead atoms. The second-order valence-corrected chi connectivity index (χ2v) is 4.54. The number of hydrogen-bond donors (Lipinski definition) is 1. The third-order valence-corrected chi connectivity index (χ3v) is 3.21. The first-order chi connectivity index (χ1) is 9.13. The average Bonchev–Trinajstić information content (AvgIpc) is 2.92. The monoisotopic (exact) mass is 263 g/mol. The summed E-state index contributed by atoms with van der Waals surface area (Å²) in [5.74, 6) is -0.148. The van der Waals surface area contributed by atoms with Crippen LogP contribution in [0.3, 0.4) is 0 Å². The number of nitrogens with zero attached hydrogens (tertiary/aromatic N) is 7. The van der Waals surface area contributed by atoms with Gasteiger partial charge in [0.2, 0.25) is 0 Å². The van der Waals surface area contributed by atoms with E-state index in [1.165, 1.54) is 12.5 Å². The summed E-state index contributed by atoms with van der Waals surface area (Å²) < 4.78 is 3.35. The Hall–Kier alpha value is -2.29. The van der Waals surface area contributed by atoms with Crippen LogP contribution in [0.15, 0.2) is 12.5 Å². The van der Waals surface area contributed by atoms with Crippen molar-refractivity contribution in [2.75, 3.05) is 13.1 Å². The van der Waals surface area contributed by atoms with Crippen LogP contribution in [0.1, 0.15) is 22.4 Å². The van der Waals surface area contributed by atoms with E-state index >= 15 is 0 Å². The van der Waals surface area contributed by atoms with Gasteiger partial charge in [0.05, 0.1) is 18.8 Å². The first-order valence-electron chi connectivity index (χ1n) is 5.84. The lowest BCUT2D eigenvalue weighted by Gasteiger charge is -2.38. The standard InChI is InChI=1S/C10H13N7O2/c1-15-9(11-6-12-15)5-16-2-7(3-16)17-4-8(10(18)19)13-14-17/h4,6-7H,2-3,5H2,1H3,(H,18,19). The minimum Gasteiger partial charge on any atom is -0.476 e. The van der Waals surface area contributed by atoms with Gasteiger partial charge in [-0.1, -0.05) is 5.21 Å². The molecule has 9 heteroatoms. The average molecular weight is 263 g/mol. The molecule has 0 spiro atoms. The van der Waals surface area contributed by atoms with Crippen LogP contribution in [0, 0.1) is 0 Å². The van der Waals surface area contributed by atoms with Gasteiger partial charge in [0.1, 0.15) is 12.2 Å². The molecule has 19 heavy (non-hydrogen) atoms. The molecule has 1 saturated heterocycles. The maximum Gasteiger partial charge on any atom is 0.358 e. The summed E-state index contributed by atoms with van der Waals surface area (Å²) in [7, 11) is 1.86. The molecule has 1 fully saturated rings. The Bertz CT molecular complexity index is 599. The second-order valence-electron chi connectivity index (χ2n) is 4.54. The lowest BCUT2D eigenvalue weighted by atomic mass is 10.1. The zero-order chi connectivity index (χ0) is 13.4. The third kappa shape index (κ3) is 2.19. The lowest BCUT2D eigenvalue weighted by molar-refractivity contribution is 0.0689. The van der Waals surface area contributed by atoms with Gasteiger partial charge in [-0.25, -0.2) is 14.5 Å². The summed E-state index contributed by atoms with van der Waals surface area (Å²) in [6, 6.07) is 0.175. The van der Waals surface area contributed by atoms with E-state index in [9.17, 15) is 4.79 Å². The Kier molecular flexibility index (Phi) is 2.75. The Morgan fingerprint density at radius 3 is 2.89 bits per heavy atom. The second kappa shape index (κ2) is 4.43. The number of likely N-dealkylation sites (tertiary alicyclic amines) is 1. The van der Waals surface area contributed by atoms with E-state index in [-0.39, 0.29) is 11.7 Å². The summed E-state index contributed by atoms with van der Waals surface area (Å²) in [4.78, 5) is 17.1. The van der Waals surface area contributed by atoms with Gasteiger partial charge in [0.15, 0.2) is 5.69 Å². The molecule has 0 aliphatic carbocycles. The minimum absolute atomic E-state index is 0.0215. The van der Waals surface area contributed by atoms with E-state index in [0.717, 1.165) is 25.5 Å². The van der Waals surface area contributed by atoms with Crippen molar-refractivity contribution in [1.29, 1.82) is 0 Å². The van der Waals surface area contributed by atoms with Crippen LogP contribution in [-0.2, 0) is 13.6 Å². The van der Waals surface area contributed by atoms with Crippen LogP contribution in [0.5, 0.6) is 0 Å². The minimum atomic E-state index is -1.05. The number of carboxylic acids is 1. The van der Waals surface area contributed by atoms with Crippen molar-refractivity contribution in [2.24, 2.45) is 7.05 Å². The predicted octanol–water partition coefficient (Wildman–Crippen LogP) is -0.838. The topological polar surface area (TPSA) is 102 Å². The Morgan fingerprint density at radius 2 is 2.32 bits per heavy atom. The summed E-state index contributed by atoms with van der Waals surface area (Å²) in [6.45, 7) is 2.33. The number of aryl methyl sites for hydroxylation is 1. The molecule has 1 N–H and O–H groups in total. The molecule has 1 aliphatic rings. The summed E-state index contributed by atoms with van der Waals surface area (Å²) in [6.07, 6.45) is 3.00. The molecule has 2 aromatic rings. The van der Waals surface area contributed by atoms with Crippen LogP contribution < -0.4 is 0 Å². The Labute approximate surface area is 108 Å². The summed E-state index contributed by atoms with van der Waals surface area (Å²) in [5, 5.41) is 20.2. The zero-order valence-electron chi connectivity index (χ0n) is 10.3. The fourth-order valence-electron chi connectivity index (χ4n) is 2.06. The highest BCUT2D eigenvalue weighted by Gasteiger charge is 2.30. The number of carboxylic acid groups (broad SMARTS) is 1. The molecule has 0 atom stereocenters. The van der Waals surface area contributed by atoms with Gasteiger partial charge in [-0.05, 0) is 0 Å². The van der Waals surface area contributed by atoms with Crippen LogP contribution in [-0.4, -0.2) is 58.8 Å². The number of aromatic nitrogens is 6. The summed E-state index contributed by atoms with van der Waals surface area (Å²) >= 11 is 0. The van der Waals surface area contributed by atoms with Gasteiger partial charge in [-0.2, -0.15) is 5.10 Å². The molecular formula is C10H13N7O2. The molecule has 2 aromatic heterocycles. The van der Waals surface area contributed by atoms with Gasteiger partial charge in [-0.15, -0.1) is 5.10 Å². The largest absolute Gasteiger partial charge is 0.476 e. The van der Waals surface area contributed by atoms with Gasteiger partial charge in [-0.3, -0.25) is 9.58 Å². The van der Waals surface area contributed by atoms with Gasteiger partial charge in [0.25, 0.3) is 0 Å². The highest BCUT2D eigenvalue weighted by atomic mass is 16.4. The van der Waals surface area contributed by atoms with Crippen molar-refractivity contribution in [3.05, 3.63) is 24.0 Å². The molecule has 0 unspecified atom stereocenters. The highest BCUT2D eigenvalue weighted by Crippen LogP contribution is 2.21.